The van der Waals surface area contributed by atoms with E-state index in [0.29, 0.717) is 5.56 Å². The zero-order chi connectivity index (χ0) is 9.68. The van der Waals surface area contributed by atoms with Gasteiger partial charge in [-0.2, -0.15) is 0 Å². The van der Waals surface area contributed by atoms with Crippen LogP contribution in [0.4, 0.5) is 0 Å². The maximum atomic E-state index is 11.2. The highest BCUT2D eigenvalue weighted by atomic mass is 16.5. The predicted molar refractivity (Wildman–Crippen MR) is 48.9 cm³/mol. The lowest BCUT2D eigenvalue weighted by Gasteiger charge is -2.01. The Morgan fingerprint density at radius 1 is 1.38 bits per heavy atom. The Morgan fingerprint density at radius 3 is 2.46 bits per heavy atom. The van der Waals surface area contributed by atoms with E-state index in [1.54, 1.807) is 31.4 Å². The molecule has 0 saturated carbocycles. The molecule has 3 heteroatoms. The molecule has 1 aromatic rings. The molecule has 0 spiro atoms. The van der Waals surface area contributed by atoms with Crippen molar-refractivity contribution in [2.24, 2.45) is 0 Å². The predicted octanol–water partition coefficient (Wildman–Crippen LogP) is 1.34. The summed E-state index contributed by atoms with van der Waals surface area (Å²) in [5.74, 6) is 0.672. The highest BCUT2D eigenvalue weighted by molar-refractivity contribution is 5.96. The highest BCUT2D eigenvalue weighted by Gasteiger charge is 2.03. The number of carbonyl (C=O) groups is 1. The van der Waals surface area contributed by atoms with E-state index in [4.69, 9.17) is 10.5 Å². The minimum Gasteiger partial charge on any atom is -0.497 e. The van der Waals surface area contributed by atoms with Crippen LogP contribution in [-0.2, 0) is 0 Å². The van der Waals surface area contributed by atoms with Gasteiger partial charge in [-0.1, -0.05) is 0 Å². The molecule has 0 bridgehead atoms. The van der Waals surface area contributed by atoms with Crippen LogP contribution in [0.2, 0.25) is 0 Å². The molecular formula is C10H11NO2. The maximum Gasteiger partial charge on any atom is 0.164 e. The molecule has 13 heavy (non-hydrogen) atoms. The summed E-state index contributed by atoms with van der Waals surface area (Å²) in [4.78, 5) is 11.2. The molecule has 1 rings (SSSR count). The normalized spacial score (nSPS) is 9.69. The lowest BCUT2D eigenvalue weighted by Crippen LogP contribution is -2.02. The lowest BCUT2D eigenvalue weighted by atomic mass is 10.1. The number of ether oxygens (including phenoxy) is 1. The SMILES string of the molecule is COc1ccc(C(=O)CC[N])cc1. The molecule has 0 saturated heterocycles. The summed E-state index contributed by atoms with van der Waals surface area (Å²) in [6.07, 6.45) is 0.173. The van der Waals surface area contributed by atoms with Crippen LogP contribution in [0.1, 0.15) is 16.8 Å². The summed E-state index contributed by atoms with van der Waals surface area (Å²) in [7, 11) is 1.57. The van der Waals surface area contributed by atoms with E-state index in [1.165, 1.54) is 0 Å². The van der Waals surface area contributed by atoms with Gasteiger partial charge in [0.25, 0.3) is 0 Å². The molecule has 0 heterocycles. The maximum absolute atomic E-state index is 11.2. The first-order valence-electron chi connectivity index (χ1n) is 4.06. The summed E-state index contributed by atoms with van der Waals surface area (Å²) in [5.41, 5.74) is 9.16. The number of Topliss-reactive ketones (excluding diaryl/α,β-unsaturated/α-hetero) is 1. The molecule has 2 radical (unpaired) electrons. The van der Waals surface area contributed by atoms with Gasteiger partial charge in [0.2, 0.25) is 0 Å². The van der Waals surface area contributed by atoms with Gasteiger partial charge in [0, 0.05) is 18.5 Å². The molecule has 68 valence electrons. The fourth-order valence-corrected chi connectivity index (χ4v) is 1.02. The Balaban J connectivity index is 2.74. The van der Waals surface area contributed by atoms with Gasteiger partial charge in [-0.15, -0.1) is 5.73 Å². The number of rotatable bonds is 4. The van der Waals surface area contributed by atoms with Crippen molar-refractivity contribution in [2.75, 3.05) is 13.7 Å². The molecule has 0 amide bonds. The molecule has 3 nitrogen and oxygen atoms in total. The molecule has 0 N–H and O–H groups in total. The van der Waals surface area contributed by atoms with Crippen LogP contribution < -0.4 is 10.5 Å². The number of hydrogen-bond donors (Lipinski definition) is 0. The largest absolute Gasteiger partial charge is 0.497 e. The zero-order valence-corrected chi connectivity index (χ0v) is 7.49. The van der Waals surface area contributed by atoms with Crippen molar-refractivity contribution in [3.05, 3.63) is 29.8 Å². The molecule has 0 aliphatic rings. The third kappa shape index (κ3) is 2.56. The zero-order valence-electron chi connectivity index (χ0n) is 7.49. The molecule has 0 aromatic heterocycles. The second-order valence-electron chi connectivity index (χ2n) is 2.63. The molecule has 0 aliphatic heterocycles. The van der Waals surface area contributed by atoms with E-state index in [9.17, 15) is 4.79 Å². The summed E-state index contributed by atoms with van der Waals surface area (Å²) in [5, 5.41) is 0. The third-order valence-corrected chi connectivity index (χ3v) is 1.75. The van der Waals surface area contributed by atoms with Crippen molar-refractivity contribution in [3.63, 3.8) is 0 Å². The van der Waals surface area contributed by atoms with Crippen LogP contribution in [0.25, 0.3) is 0 Å². The first kappa shape index (κ1) is 9.74. The second kappa shape index (κ2) is 4.62. The number of carbonyl (C=O) groups excluding carboxylic acids is 1. The molecule has 0 unspecified atom stereocenters. The third-order valence-electron chi connectivity index (χ3n) is 1.75. The van der Waals surface area contributed by atoms with Gasteiger partial charge in [-0.25, -0.2) is 0 Å². The number of benzene rings is 1. The van der Waals surface area contributed by atoms with Crippen molar-refractivity contribution in [2.45, 2.75) is 6.42 Å². The summed E-state index contributed by atoms with van der Waals surface area (Å²) in [6, 6.07) is 6.84. The summed E-state index contributed by atoms with van der Waals surface area (Å²) >= 11 is 0. The Labute approximate surface area is 77.5 Å². The number of hydrogen-bond acceptors (Lipinski definition) is 2. The van der Waals surface area contributed by atoms with Crippen molar-refractivity contribution < 1.29 is 9.53 Å². The highest BCUT2D eigenvalue weighted by Crippen LogP contribution is 2.12. The molecule has 1 aromatic carbocycles. The number of methoxy groups -OCH3 is 1. The van der Waals surface area contributed by atoms with Crippen molar-refractivity contribution in [3.8, 4) is 5.75 Å². The average molecular weight is 177 g/mol. The van der Waals surface area contributed by atoms with E-state index in [2.05, 4.69) is 0 Å². The van der Waals surface area contributed by atoms with E-state index >= 15 is 0 Å². The van der Waals surface area contributed by atoms with Crippen LogP contribution in [0.5, 0.6) is 5.75 Å². The molecule has 0 aliphatic carbocycles. The fraction of sp³-hybridized carbons (Fsp3) is 0.300. The van der Waals surface area contributed by atoms with E-state index in [1.807, 2.05) is 0 Å². The Hall–Kier alpha value is -1.35. The van der Waals surface area contributed by atoms with E-state index in [0.717, 1.165) is 5.75 Å². The van der Waals surface area contributed by atoms with Crippen LogP contribution in [0.15, 0.2) is 24.3 Å². The van der Waals surface area contributed by atoms with Gasteiger partial charge in [-0.3, -0.25) is 4.79 Å². The Morgan fingerprint density at radius 2 is 2.00 bits per heavy atom. The number of ketones is 1. The average Bonchev–Trinajstić information content (AvgIpc) is 2.18. The quantitative estimate of drug-likeness (QED) is 0.651. The van der Waals surface area contributed by atoms with Gasteiger partial charge in [0.1, 0.15) is 5.75 Å². The smallest absolute Gasteiger partial charge is 0.164 e. The second-order valence-corrected chi connectivity index (χ2v) is 2.63. The van der Waals surface area contributed by atoms with Gasteiger partial charge < -0.3 is 4.74 Å². The van der Waals surface area contributed by atoms with Gasteiger partial charge >= 0.3 is 0 Å². The van der Waals surface area contributed by atoms with Gasteiger partial charge in [0.15, 0.2) is 5.78 Å². The van der Waals surface area contributed by atoms with E-state index < -0.39 is 0 Å². The summed E-state index contributed by atoms with van der Waals surface area (Å²) < 4.78 is 4.95. The van der Waals surface area contributed by atoms with Crippen molar-refractivity contribution >= 4 is 5.78 Å². The monoisotopic (exact) mass is 177 g/mol. The first-order valence-corrected chi connectivity index (χ1v) is 4.06. The number of nitrogens with zero attached hydrogens (tertiary/aromatic N) is 1. The first-order chi connectivity index (χ1) is 6.27. The topological polar surface area (TPSA) is 48.6 Å². The van der Waals surface area contributed by atoms with Crippen LogP contribution in [0, 0.1) is 0 Å². The molecule has 0 fully saturated rings. The van der Waals surface area contributed by atoms with Gasteiger partial charge in [0.05, 0.1) is 7.11 Å². The minimum atomic E-state index is -0.106. The van der Waals surface area contributed by atoms with Crippen LogP contribution >= 0.6 is 0 Å². The van der Waals surface area contributed by atoms with Crippen LogP contribution in [-0.4, -0.2) is 19.4 Å². The van der Waals surface area contributed by atoms with E-state index in [-0.39, 0.29) is 18.7 Å². The van der Waals surface area contributed by atoms with Crippen molar-refractivity contribution in [1.29, 1.82) is 0 Å². The van der Waals surface area contributed by atoms with Gasteiger partial charge in [-0.05, 0) is 24.3 Å². The molecule has 0 atom stereocenters. The Bertz CT molecular complexity index is 279. The standard InChI is InChI=1S/C10H11NO2/c1-13-9-4-2-8(3-5-9)10(12)6-7-11/h2-5H,6-7H2,1H3. The Kier molecular flexibility index (Phi) is 3.46. The fourth-order valence-electron chi connectivity index (χ4n) is 1.02. The van der Waals surface area contributed by atoms with Crippen LogP contribution in [0.3, 0.4) is 0 Å². The van der Waals surface area contributed by atoms with Crippen molar-refractivity contribution in [1.82, 2.24) is 5.73 Å². The molecular weight excluding hydrogens is 166 g/mol. The summed E-state index contributed by atoms with van der Waals surface area (Å²) in [6.45, 7) is -0.106. The lowest BCUT2D eigenvalue weighted by molar-refractivity contribution is 0.0985. The minimum absolute atomic E-state index is 0.0508.